The van der Waals surface area contributed by atoms with E-state index in [4.69, 9.17) is 18.9 Å². The van der Waals surface area contributed by atoms with E-state index in [2.05, 4.69) is 0 Å². The van der Waals surface area contributed by atoms with Crippen molar-refractivity contribution in [2.45, 2.75) is 50.8 Å². The second kappa shape index (κ2) is 8.76. The molecule has 1 aliphatic heterocycles. The Labute approximate surface area is 170 Å². The third-order valence-corrected chi connectivity index (χ3v) is 5.02. The number of ether oxygens (including phenoxy) is 4. The molecule has 1 unspecified atom stereocenters. The van der Waals surface area contributed by atoms with Crippen molar-refractivity contribution in [3.63, 3.8) is 0 Å². The summed E-state index contributed by atoms with van der Waals surface area (Å²) in [5.41, 5.74) is 0.0740. The van der Waals surface area contributed by atoms with Crippen LogP contribution >= 0.6 is 0 Å². The van der Waals surface area contributed by atoms with E-state index < -0.39 is 42.0 Å². The van der Waals surface area contributed by atoms with Crippen LogP contribution in [0.3, 0.4) is 0 Å². The number of methoxy groups -OCH3 is 1. The zero-order valence-corrected chi connectivity index (χ0v) is 17.0. The molecule has 29 heavy (non-hydrogen) atoms. The van der Waals surface area contributed by atoms with Crippen LogP contribution in [0.1, 0.15) is 41.5 Å². The van der Waals surface area contributed by atoms with Crippen LogP contribution in [-0.2, 0) is 18.9 Å². The number of esters is 2. The Morgan fingerprint density at radius 3 is 1.72 bits per heavy atom. The van der Waals surface area contributed by atoms with Gasteiger partial charge in [0.2, 0.25) is 0 Å². The molecule has 0 spiro atoms. The van der Waals surface area contributed by atoms with Gasteiger partial charge in [-0.3, -0.25) is 0 Å². The normalized spacial score (nSPS) is 25.8. The minimum absolute atomic E-state index is 0.409. The fourth-order valence-electron chi connectivity index (χ4n) is 3.69. The van der Waals surface area contributed by atoms with Gasteiger partial charge in [-0.2, -0.15) is 0 Å². The Kier molecular flexibility index (Phi) is 6.35. The SMILES string of the molecule is CO[C@@H]1[C@@H](OC(=O)c2ccccc2)[C@@H](OC(=O)c2ccccc2)C(C)OC1(C)C. The lowest BCUT2D eigenvalue weighted by molar-refractivity contribution is -0.257. The zero-order valence-electron chi connectivity index (χ0n) is 17.0. The first-order chi connectivity index (χ1) is 13.8. The molecule has 3 rings (SSSR count). The predicted octanol–water partition coefficient (Wildman–Crippen LogP) is 3.65. The molecule has 6 nitrogen and oxygen atoms in total. The third kappa shape index (κ3) is 4.66. The number of carbonyl (C=O) groups is 2. The van der Waals surface area contributed by atoms with Crippen molar-refractivity contribution in [3.05, 3.63) is 71.8 Å². The van der Waals surface area contributed by atoms with E-state index in [1.165, 1.54) is 7.11 Å². The van der Waals surface area contributed by atoms with Crippen molar-refractivity contribution in [3.8, 4) is 0 Å². The van der Waals surface area contributed by atoms with Crippen molar-refractivity contribution in [1.82, 2.24) is 0 Å². The maximum Gasteiger partial charge on any atom is 0.338 e. The summed E-state index contributed by atoms with van der Waals surface area (Å²) in [4.78, 5) is 25.4. The van der Waals surface area contributed by atoms with E-state index in [9.17, 15) is 9.59 Å². The molecular formula is C23H26O6. The van der Waals surface area contributed by atoms with Crippen LogP contribution in [0.5, 0.6) is 0 Å². The third-order valence-electron chi connectivity index (χ3n) is 5.02. The highest BCUT2D eigenvalue weighted by molar-refractivity contribution is 5.90. The molecule has 0 saturated carbocycles. The lowest BCUT2D eigenvalue weighted by Gasteiger charge is -2.48. The molecule has 1 heterocycles. The average Bonchev–Trinajstić information content (AvgIpc) is 2.71. The van der Waals surface area contributed by atoms with Crippen LogP contribution in [0.15, 0.2) is 60.7 Å². The van der Waals surface area contributed by atoms with E-state index >= 15 is 0 Å². The lowest BCUT2D eigenvalue weighted by atomic mass is 9.87. The molecule has 1 aliphatic rings. The van der Waals surface area contributed by atoms with Gasteiger partial charge in [0, 0.05) is 7.11 Å². The van der Waals surface area contributed by atoms with Gasteiger partial charge >= 0.3 is 11.9 Å². The van der Waals surface area contributed by atoms with E-state index in [0.717, 1.165) is 0 Å². The Balaban J connectivity index is 1.88. The summed E-state index contributed by atoms with van der Waals surface area (Å²) in [6, 6.07) is 17.3. The second-order valence-corrected chi connectivity index (χ2v) is 7.55. The van der Waals surface area contributed by atoms with Gasteiger partial charge in [-0.05, 0) is 45.0 Å². The van der Waals surface area contributed by atoms with E-state index in [0.29, 0.717) is 11.1 Å². The van der Waals surface area contributed by atoms with Gasteiger partial charge in [0.05, 0.1) is 22.8 Å². The minimum atomic E-state index is -0.834. The van der Waals surface area contributed by atoms with Crippen molar-refractivity contribution in [1.29, 1.82) is 0 Å². The standard InChI is InChI=1S/C23H26O6/c1-15-18(27-21(24)16-11-7-5-8-12-16)19(20(26-4)23(2,3)29-15)28-22(25)17-13-9-6-10-14-17/h5-15,18-20H,1-4H3/t15?,18-,19-,20+/m0/s1. The summed E-state index contributed by atoms with van der Waals surface area (Å²) in [5.74, 6) is -1.02. The smallest absolute Gasteiger partial charge is 0.338 e. The van der Waals surface area contributed by atoms with E-state index in [1.54, 1.807) is 55.5 Å². The molecule has 1 fully saturated rings. The van der Waals surface area contributed by atoms with Gasteiger partial charge in [-0.1, -0.05) is 36.4 Å². The lowest BCUT2D eigenvalue weighted by Crippen LogP contribution is -2.64. The Hall–Kier alpha value is -2.70. The molecule has 0 aliphatic carbocycles. The first kappa shape index (κ1) is 21.0. The molecule has 4 atom stereocenters. The van der Waals surface area contributed by atoms with Crippen molar-refractivity contribution >= 4 is 11.9 Å². The summed E-state index contributed by atoms with van der Waals surface area (Å²) in [6.07, 6.45) is -2.79. The van der Waals surface area contributed by atoms with Gasteiger partial charge in [0.1, 0.15) is 6.10 Å². The molecule has 0 aromatic heterocycles. The molecule has 0 bridgehead atoms. The summed E-state index contributed by atoms with van der Waals surface area (Å²) >= 11 is 0. The summed E-state index contributed by atoms with van der Waals surface area (Å²) in [5, 5.41) is 0. The molecule has 0 N–H and O–H groups in total. The number of hydrogen-bond donors (Lipinski definition) is 0. The van der Waals surface area contributed by atoms with Gasteiger partial charge in [0.25, 0.3) is 0 Å². The quantitative estimate of drug-likeness (QED) is 0.716. The van der Waals surface area contributed by atoms with Crippen LogP contribution in [0.4, 0.5) is 0 Å². The Morgan fingerprint density at radius 2 is 1.28 bits per heavy atom. The summed E-state index contributed by atoms with van der Waals surface area (Å²) < 4.78 is 23.2. The highest BCUT2D eigenvalue weighted by atomic mass is 16.6. The monoisotopic (exact) mass is 398 g/mol. The summed E-state index contributed by atoms with van der Waals surface area (Å²) in [7, 11) is 1.52. The van der Waals surface area contributed by atoms with E-state index in [-0.39, 0.29) is 0 Å². The molecule has 2 aromatic carbocycles. The number of carbonyl (C=O) groups excluding carboxylic acids is 2. The largest absolute Gasteiger partial charge is 0.452 e. The fraction of sp³-hybridized carbons (Fsp3) is 0.391. The van der Waals surface area contributed by atoms with Crippen molar-refractivity contribution in [2.24, 2.45) is 0 Å². The first-order valence-electron chi connectivity index (χ1n) is 9.56. The maximum absolute atomic E-state index is 12.7. The Morgan fingerprint density at radius 1 is 0.828 bits per heavy atom. The molecule has 0 amide bonds. The van der Waals surface area contributed by atoms with Crippen LogP contribution in [-0.4, -0.2) is 49.1 Å². The van der Waals surface area contributed by atoms with Crippen LogP contribution in [0.2, 0.25) is 0 Å². The maximum atomic E-state index is 12.7. The molecule has 2 aromatic rings. The Bertz CT molecular complexity index is 833. The second-order valence-electron chi connectivity index (χ2n) is 7.55. The van der Waals surface area contributed by atoms with Gasteiger partial charge in [-0.15, -0.1) is 0 Å². The molecular weight excluding hydrogens is 372 g/mol. The van der Waals surface area contributed by atoms with Gasteiger partial charge in [0.15, 0.2) is 12.2 Å². The highest BCUT2D eigenvalue weighted by Crippen LogP contribution is 2.35. The molecule has 0 radical (unpaired) electrons. The van der Waals surface area contributed by atoms with Crippen LogP contribution < -0.4 is 0 Å². The minimum Gasteiger partial charge on any atom is -0.452 e. The number of hydrogen-bond acceptors (Lipinski definition) is 6. The van der Waals surface area contributed by atoms with Gasteiger partial charge < -0.3 is 18.9 Å². The van der Waals surface area contributed by atoms with Crippen molar-refractivity contribution in [2.75, 3.05) is 7.11 Å². The summed E-state index contributed by atoms with van der Waals surface area (Å²) in [6.45, 7) is 5.51. The van der Waals surface area contributed by atoms with Crippen LogP contribution in [0.25, 0.3) is 0 Å². The van der Waals surface area contributed by atoms with Crippen LogP contribution in [0, 0.1) is 0 Å². The topological polar surface area (TPSA) is 71.1 Å². The molecule has 6 heteroatoms. The number of benzene rings is 2. The van der Waals surface area contributed by atoms with Gasteiger partial charge in [-0.25, -0.2) is 9.59 Å². The van der Waals surface area contributed by atoms with Crippen molar-refractivity contribution < 1.29 is 28.5 Å². The first-order valence-corrected chi connectivity index (χ1v) is 9.56. The number of rotatable bonds is 5. The highest BCUT2D eigenvalue weighted by Gasteiger charge is 2.53. The average molecular weight is 398 g/mol. The fourth-order valence-corrected chi connectivity index (χ4v) is 3.69. The van der Waals surface area contributed by atoms with E-state index in [1.807, 2.05) is 26.0 Å². The molecule has 154 valence electrons. The predicted molar refractivity (Wildman–Crippen MR) is 107 cm³/mol. The zero-order chi connectivity index (χ0) is 21.0. The molecule has 1 saturated heterocycles.